The fraction of sp³-hybridized carbons (Fsp3) is 0.815. The number of hydrogen-bond acceptors (Lipinski definition) is 6. The predicted molar refractivity (Wildman–Crippen MR) is 123 cm³/mol. The molecule has 3 fully saturated rings. The molecule has 0 saturated heterocycles. The van der Waals surface area contributed by atoms with Crippen LogP contribution in [0.4, 0.5) is 0 Å². The smallest absolute Gasteiger partial charge is 0.303 e. The first kappa shape index (κ1) is 24.6. The van der Waals surface area contributed by atoms with Crippen LogP contribution in [0, 0.1) is 34.5 Å². The molecule has 0 bridgehead atoms. The number of carbonyl (C=O) groups excluding carboxylic acids is 3. The van der Waals surface area contributed by atoms with E-state index < -0.39 is 17.9 Å². The number of carbonyl (C=O) groups is 3. The van der Waals surface area contributed by atoms with Gasteiger partial charge in [0, 0.05) is 25.9 Å². The van der Waals surface area contributed by atoms with Gasteiger partial charge < -0.3 is 14.2 Å². The molecular formula is C27H40O6. The number of Topliss-reactive ketones (excluding diaryl/α,β-unsaturated/α-hetero) is 1. The van der Waals surface area contributed by atoms with Crippen molar-refractivity contribution in [2.24, 2.45) is 34.5 Å². The van der Waals surface area contributed by atoms with E-state index in [4.69, 9.17) is 14.2 Å². The summed E-state index contributed by atoms with van der Waals surface area (Å²) in [5.74, 6) is 1.01. The molecule has 3 saturated carbocycles. The molecule has 0 radical (unpaired) electrons. The van der Waals surface area contributed by atoms with Crippen molar-refractivity contribution in [1.82, 2.24) is 0 Å². The lowest BCUT2D eigenvalue weighted by Gasteiger charge is -2.59. The summed E-state index contributed by atoms with van der Waals surface area (Å²) in [4.78, 5) is 37.4. The largest absolute Gasteiger partial charge is 0.458 e. The Labute approximate surface area is 197 Å². The summed E-state index contributed by atoms with van der Waals surface area (Å²) in [7, 11) is 1.59. The zero-order valence-corrected chi connectivity index (χ0v) is 21.1. The molecule has 6 heteroatoms. The Bertz CT molecular complexity index is 863. The molecule has 1 unspecified atom stereocenters. The zero-order valence-electron chi connectivity index (χ0n) is 21.1. The Morgan fingerprint density at radius 3 is 2.55 bits per heavy atom. The van der Waals surface area contributed by atoms with E-state index >= 15 is 0 Å². The number of esters is 1. The van der Waals surface area contributed by atoms with Gasteiger partial charge in [0.2, 0.25) is 5.78 Å². The monoisotopic (exact) mass is 460 g/mol. The van der Waals surface area contributed by atoms with Gasteiger partial charge in [-0.05, 0) is 80.6 Å². The molecule has 0 N–H and O–H groups in total. The van der Waals surface area contributed by atoms with Crippen LogP contribution in [-0.2, 0) is 28.6 Å². The topological polar surface area (TPSA) is 78.9 Å². The van der Waals surface area contributed by atoms with Gasteiger partial charge >= 0.3 is 5.97 Å². The molecule has 184 valence electrons. The van der Waals surface area contributed by atoms with Gasteiger partial charge in [-0.3, -0.25) is 14.4 Å². The van der Waals surface area contributed by atoms with Crippen LogP contribution in [0.3, 0.4) is 0 Å². The van der Waals surface area contributed by atoms with E-state index in [1.54, 1.807) is 7.11 Å². The molecule has 0 amide bonds. The summed E-state index contributed by atoms with van der Waals surface area (Å²) < 4.78 is 17.2. The zero-order chi connectivity index (χ0) is 24.2. The van der Waals surface area contributed by atoms with E-state index in [-0.39, 0.29) is 34.9 Å². The first-order chi connectivity index (χ1) is 15.5. The molecule has 0 spiro atoms. The second-order valence-electron chi connectivity index (χ2n) is 11.4. The molecular weight excluding hydrogens is 420 g/mol. The normalized spacial score (nSPS) is 43.1. The van der Waals surface area contributed by atoms with Crippen molar-refractivity contribution in [3.05, 3.63) is 11.6 Å². The highest BCUT2D eigenvalue weighted by Crippen LogP contribution is 2.69. The minimum atomic E-state index is -1.05. The number of ether oxygens (including phenoxy) is 3. The molecule has 0 aromatic rings. The summed E-state index contributed by atoms with van der Waals surface area (Å²) >= 11 is 0. The Morgan fingerprint density at radius 1 is 1.15 bits per heavy atom. The summed E-state index contributed by atoms with van der Waals surface area (Å²) in [6, 6.07) is 0. The maximum Gasteiger partial charge on any atom is 0.303 e. The standard InChI is InChI=1S/C27H40O6/c1-16-13-23-21-8-7-19-14-20(29)9-11-25(19,4)22(21)10-12-26(23,5)27(16,33-18(3)31-6)24(30)15-32-17(2)28/h14,16,18,21-23H,7-13,15H2,1-6H3/t16-,18?,21+,22-,23-,25-,26-,27-/m0/s1. The van der Waals surface area contributed by atoms with E-state index in [1.165, 1.54) is 12.5 Å². The first-order valence-corrected chi connectivity index (χ1v) is 12.6. The number of methoxy groups -OCH3 is 1. The van der Waals surface area contributed by atoms with Crippen molar-refractivity contribution in [1.29, 1.82) is 0 Å². The SMILES string of the molecule is COC(C)O[C@]1(C(=O)COC(C)=O)[C@@H](C)C[C@H]2[C@@H]3CCC4=CC(=O)CC[C@]4(C)[C@H]3CC[C@@]21C. The summed E-state index contributed by atoms with van der Waals surface area (Å²) in [5.41, 5.74) is 0.0121. The van der Waals surface area contributed by atoms with Crippen LogP contribution in [0.5, 0.6) is 0 Å². The molecule has 0 aromatic carbocycles. The molecule has 0 heterocycles. The van der Waals surface area contributed by atoms with Crippen LogP contribution in [-0.4, -0.2) is 43.1 Å². The summed E-state index contributed by atoms with van der Waals surface area (Å²) in [6.45, 7) is 9.60. The predicted octanol–water partition coefficient (Wildman–Crippen LogP) is 4.64. The molecule has 4 aliphatic rings. The second kappa shape index (κ2) is 8.60. The third-order valence-corrected chi connectivity index (χ3v) is 10.0. The fourth-order valence-corrected chi connectivity index (χ4v) is 8.38. The first-order valence-electron chi connectivity index (χ1n) is 12.6. The number of hydrogen-bond donors (Lipinski definition) is 0. The van der Waals surface area contributed by atoms with Crippen molar-refractivity contribution >= 4 is 17.5 Å². The highest BCUT2D eigenvalue weighted by atomic mass is 16.7. The Hall–Kier alpha value is -1.53. The van der Waals surface area contributed by atoms with Gasteiger partial charge in [0.25, 0.3) is 0 Å². The van der Waals surface area contributed by atoms with Crippen LogP contribution in [0.25, 0.3) is 0 Å². The number of ketones is 2. The fourth-order valence-electron chi connectivity index (χ4n) is 8.38. The van der Waals surface area contributed by atoms with Crippen LogP contribution in [0.2, 0.25) is 0 Å². The van der Waals surface area contributed by atoms with Crippen molar-refractivity contribution < 1.29 is 28.6 Å². The van der Waals surface area contributed by atoms with Crippen molar-refractivity contribution in [2.45, 2.75) is 91.5 Å². The van der Waals surface area contributed by atoms with Crippen molar-refractivity contribution in [3.63, 3.8) is 0 Å². The maximum atomic E-state index is 13.8. The van der Waals surface area contributed by atoms with Gasteiger partial charge in [0.1, 0.15) is 5.60 Å². The number of allylic oxidation sites excluding steroid dienone is 1. The Kier molecular flexibility index (Phi) is 6.41. The third-order valence-electron chi connectivity index (χ3n) is 10.0. The minimum absolute atomic E-state index is 0.00964. The van der Waals surface area contributed by atoms with E-state index in [9.17, 15) is 14.4 Å². The Morgan fingerprint density at radius 2 is 1.88 bits per heavy atom. The summed E-state index contributed by atoms with van der Waals surface area (Å²) in [6.07, 6.45) is 7.79. The molecule has 33 heavy (non-hydrogen) atoms. The summed E-state index contributed by atoms with van der Waals surface area (Å²) in [5, 5.41) is 0. The van der Waals surface area contributed by atoms with Crippen LogP contribution in [0.15, 0.2) is 11.6 Å². The van der Waals surface area contributed by atoms with Crippen LogP contribution >= 0.6 is 0 Å². The molecule has 0 aliphatic heterocycles. The molecule has 8 atom stereocenters. The second-order valence-corrected chi connectivity index (χ2v) is 11.4. The van der Waals surface area contributed by atoms with Crippen molar-refractivity contribution in [3.8, 4) is 0 Å². The van der Waals surface area contributed by atoms with Crippen LogP contribution < -0.4 is 0 Å². The number of rotatable bonds is 6. The maximum absolute atomic E-state index is 13.8. The average molecular weight is 461 g/mol. The van der Waals surface area contributed by atoms with Gasteiger partial charge in [0.05, 0.1) is 0 Å². The van der Waals surface area contributed by atoms with Gasteiger partial charge in [-0.25, -0.2) is 0 Å². The Balaban J connectivity index is 1.71. The lowest BCUT2D eigenvalue weighted by Crippen LogP contribution is -2.62. The minimum Gasteiger partial charge on any atom is -0.458 e. The van der Waals surface area contributed by atoms with Gasteiger partial charge in [0.15, 0.2) is 18.7 Å². The lowest BCUT2D eigenvalue weighted by molar-refractivity contribution is -0.243. The third kappa shape index (κ3) is 3.63. The van der Waals surface area contributed by atoms with E-state index in [0.29, 0.717) is 24.2 Å². The van der Waals surface area contributed by atoms with E-state index in [2.05, 4.69) is 20.8 Å². The molecule has 4 rings (SSSR count). The average Bonchev–Trinajstić information content (AvgIpc) is 2.99. The highest BCUT2D eigenvalue weighted by molar-refractivity contribution is 5.92. The van der Waals surface area contributed by atoms with Gasteiger partial charge in [-0.15, -0.1) is 0 Å². The molecule has 4 aliphatic carbocycles. The van der Waals surface area contributed by atoms with Crippen LogP contribution in [0.1, 0.15) is 79.6 Å². The highest BCUT2D eigenvalue weighted by Gasteiger charge is 2.70. The van der Waals surface area contributed by atoms with E-state index in [1.807, 2.05) is 13.0 Å². The van der Waals surface area contributed by atoms with Crippen molar-refractivity contribution in [2.75, 3.05) is 13.7 Å². The molecule has 6 nitrogen and oxygen atoms in total. The lowest BCUT2D eigenvalue weighted by atomic mass is 9.46. The molecule has 0 aromatic heterocycles. The van der Waals surface area contributed by atoms with Gasteiger partial charge in [-0.2, -0.15) is 0 Å². The quantitative estimate of drug-likeness (QED) is 0.424. The van der Waals surface area contributed by atoms with E-state index in [0.717, 1.165) is 38.5 Å². The van der Waals surface area contributed by atoms with Gasteiger partial charge in [-0.1, -0.05) is 26.3 Å². The number of fused-ring (bicyclic) bond motifs is 5.